The van der Waals surface area contributed by atoms with Crippen LogP contribution in [0, 0.1) is 0 Å². The summed E-state index contributed by atoms with van der Waals surface area (Å²) in [5.41, 5.74) is 7.26. The van der Waals surface area contributed by atoms with E-state index in [0.29, 0.717) is 17.3 Å². The Labute approximate surface area is 139 Å². The molecule has 8 heteroatoms. The normalized spacial score (nSPS) is 22.7. The summed E-state index contributed by atoms with van der Waals surface area (Å²) in [6.07, 6.45) is -0.0450. The molecule has 0 radical (unpaired) electrons. The van der Waals surface area contributed by atoms with Crippen molar-refractivity contribution in [3.63, 3.8) is 0 Å². The van der Waals surface area contributed by atoms with E-state index in [9.17, 15) is 4.79 Å². The third-order valence-electron chi connectivity index (χ3n) is 3.80. The number of benzene rings is 1. The summed E-state index contributed by atoms with van der Waals surface area (Å²) in [4.78, 5) is 15.0. The van der Waals surface area contributed by atoms with Crippen molar-refractivity contribution in [1.29, 1.82) is 0 Å². The lowest BCUT2D eigenvalue weighted by molar-refractivity contribution is -0.114. The van der Waals surface area contributed by atoms with E-state index in [-0.39, 0.29) is 23.2 Å². The summed E-state index contributed by atoms with van der Waals surface area (Å²) in [5, 5.41) is 3.59. The molecule has 2 heterocycles. The van der Waals surface area contributed by atoms with Gasteiger partial charge in [0.05, 0.1) is 18.3 Å². The number of carbonyl (C=O) groups is 1. The van der Waals surface area contributed by atoms with Gasteiger partial charge in [-0.3, -0.25) is 9.69 Å². The van der Waals surface area contributed by atoms with E-state index in [0.717, 1.165) is 11.4 Å². The predicted octanol–water partition coefficient (Wildman–Crippen LogP) is 1.44. The van der Waals surface area contributed by atoms with E-state index in [1.165, 1.54) is 6.92 Å². The lowest BCUT2D eigenvalue weighted by atomic mass is 10.1. The molecular formula is C14H16N4O2S2. The van der Waals surface area contributed by atoms with E-state index < -0.39 is 0 Å². The SMILES string of the molecule is CC(=O)Nc1ccc2c(c1)N1C(=S)N(C(N)=S)CC1C(C)O2. The van der Waals surface area contributed by atoms with Crippen molar-refractivity contribution >= 4 is 51.9 Å². The largest absolute Gasteiger partial charge is 0.486 e. The van der Waals surface area contributed by atoms with Crippen molar-refractivity contribution < 1.29 is 9.53 Å². The zero-order valence-electron chi connectivity index (χ0n) is 12.2. The van der Waals surface area contributed by atoms with Crippen LogP contribution >= 0.6 is 24.4 Å². The van der Waals surface area contributed by atoms with Gasteiger partial charge in [0.2, 0.25) is 5.91 Å². The van der Waals surface area contributed by atoms with E-state index in [1.807, 2.05) is 24.0 Å². The van der Waals surface area contributed by atoms with Crippen molar-refractivity contribution in [3.8, 4) is 5.75 Å². The number of nitrogens with two attached hydrogens (primary N) is 1. The van der Waals surface area contributed by atoms with Crippen LogP contribution in [0.1, 0.15) is 13.8 Å². The Hall–Kier alpha value is -1.93. The van der Waals surface area contributed by atoms with Gasteiger partial charge < -0.3 is 20.7 Å². The minimum absolute atomic E-state index is 0.0362. The number of thiocarbonyl (C=S) groups is 2. The quantitative estimate of drug-likeness (QED) is 0.752. The van der Waals surface area contributed by atoms with Crippen molar-refractivity contribution in [2.75, 3.05) is 16.8 Å². The van der Waals surface area contributed by atoms with Crippen LogP contribution < -0.4 is 20.7 Å². The Balaban J connectivity index is 2.03. The van der Waals surface area contributed by atoms with Gasteiger partial charge in [-0.15, -0.1) is 0 Å². The molecule has 1 aromatic carbocycles. The number of fused-ring (bicyclic) bond motifs is 3. The zero-order chi connectivity index (χ0) is 16.0. The average molecular weight is 336 g/mol. The highest BCUT2D eigenvalue weighted by molar-refractivity contribution is 7.82. The van der Waals surface area contributed by atoms with Gasteiger partial charge in [0, 0.05) is 12.6 Å². The predicted molar refractivity (Wildman–Crippen MR) is 93.2 cm³/mol. The third kappa shape index (κ3) is 2.38. The highest BCUT2D eigenvalue weighted by Crippen LogP contribution is 2.41. The summed E-state index contributed by atoms with van der Waals surface area (Å²) in [7, 11) is 0. The minimum Gasteiger partial charge on any atom is -0.486 e. The Kier molecular flexibility index (Phi) is 3.65. The lowest BCUT2D eigenvalue weighted by Crippen LogP contribution is -2.47. The first-order valence-electron chi connectivity index (χ1n) is 6.87. The number of amides is 1. The van der Waals surface area contributed by atoms with Gasteiger partial charge in [0.25, 0.3) is 0 Å². The molecule has 2 aliphatic rings. The standard InChI is InChI=1S/C14H16N4O2S2/c1-7-11-6-17(13(15)21)14(22)18(11)10-5-9(16-8(2)19)3-4-12(10)20-7/h3-5,7,11H,6H2,1-2H3,(H2,15,21)(H,16,19). The van der Waals surface area contributed by atoms with Crippen LogP contribution in [0.15, 0.2) is 18.2 Å². The number of ether oxygens (including phenoxy) is 1. The van der Waals surface area contributed by atoms with Gasteiger partial charge >= 0.3 is 0 Å². The first kappa shape index (κ1) is 15.0. The van der Waals surface area contributed by atoms with Crippen LogP contribution in [0.2, 0.25) is 0 Å². The maximum atomic E-state index is 11.2. The Morgan fingerprint density at radius 1 is 1.50 bits per heavy atom. The summed E-state index contributed by atoms with van der Waals surface area (Å²) < 4.78 is 5.96. The molecule has 1 amide bonds. The van der Waals surface area contributed by atoms with Crippen LogP contribution in [0.4, 0.5) is 11.4 Å². The van der Waals surface area contributed by atoms with Crippen molar-refractivity contribution in [2.24, 2.45) is 5.73 Å². The van der Waals surface area contributed by atoms with Crippen LogP contribution in [-0.2, 0) is 4.79 Å². The van der Waals surface area contributed by atoms with E-state index in [1.54, 1.807) is 11.0 Å². The second-order valence-electron chi connectivity index (χ2n) is 5.36. The molecule has 6 nitrogen and oxygen atoms in total. The molecule has 1 saturated heterocycles. The fourth-order valence-corrected chi connectivity index (χ4v) is 3.43. The number of carbonyl (C=O) groups excluding carboxylic acids is 1. The second kappa shape index (κ2) is 5.36. The molecular weight excluding hydrogens is 320 g/mol. The van der Waals surface area contributed by atoms with E-state index in [2.05, 4.69) is 5.32 Å². The molecule has 116 valence electrons. The Morgan fingerprint density at radius 2 is 2.23 bits per heavy atom. The fourth-order valence-electron chi connectivity index (χ4n) is 2.81. The minimum atomic E-state index is -0.129. The second-order valence-corrected chi connectivity index (χ2v) is 6.14. The van der Waals surface area contributed by atoms with E-state index >= 15 is 0 Å². The molecule has 2 aliphatic heterocycles. The monoisotopic (exact) mass is 336 g/mol. The highest BCUT2D eigenvalue weighted by atomic mass is 32.1. The Bertz CT molecular complexity index is 679. The first-order chi connectivity index (χ1) is 10.4. The van der Waals surface area contributed by atoms with Crippen LogP contribution in [0.25, 0.3) is 0 Å². The Morgan fingerprint density at radius 3 is 2.86 bits per heavy atom. The molecule has 0 aliphatic carbocycles. The lowest BCUT2D eigenvalue weighted by Gasteiger charge is -2.36. The van der Waals surface area contributed by atoms with Crippen LogP contribution in [0.3, 0.4) is 0 Å². The maximum Gasteiger partial charge on any atom is 0.221 e. The molecule has 2 unspecified atom stereocenters. The summed E-state index contributed by atoms with van der Waals surface area (Å²) in [5.74, 6) is 0.598. The molecule has 0 spiro atoms. The maximum absolute atomic E-state index is 11.2. The third-order valence-corrected chi connectivity index (χ3v) is 4.44. The van der Waals surface area contributed by atoms with Crippen molar-refractivity contribution in [1.82, 2.24) is 4.90 Å². The summed E-state index contributed by atoms with van der Waals surface area (Å²) in [6, 6.07) is 5.52. The number of hydrogen-bond acceptors (Lipinski definition) is 4. The molecule has 0 bridgehead atoms. The summed E-state index contributed by atoms with van der Waals surface area (Å²) in [6.45, 7) is 4.06. The molecule has 22 heavy (non-hydrogen) atoms. The van der Waals surface area contributed by atoms with Gasteiger partial charge in [0.15, 0.2) is 10.2 Å². The van der Waals surface area contributed by atoms with Gasteiger partial charge in [0.1, 0.15) is 11.9 Å². The van der Waals surface area contributed by atoms with E-state index in [4.69, 9.17) is 34.9 Å². The number of rotatable bonds is 1. The molecule has 1 aromatic rings. The van der Waals surface area contributed by atoms with Gasteiger partial charge in [-0.1, -0.05) is 0 Å². The number of nitrogens with one attached hydrogen (secondary N) is 1. The highest BCUT2D eigenvalue weighted by Gasteiger charge is 2.44. The number of hydrogen-bond donors (Lipinski definition) is 2. The average Bonchev–Trinajstić information content (AvgIpc) is 2.78. The number of anilines is 2. The molecule has 1 fully saturated rings. The van der Waals surface area contributed by atoms with Crippen LogP contribution in [0.5, 0.6) is 5.75 Å². The number of nitrogens with zero attached hydrogens (tertiary/aromatic N) is 2. The molecule has 0 aromatic heterocycles. The van der Waals surface area contributed by atoms with Crippen LogP contribution in [-0.4, -0.2) is 39.7 Å². The van der Waals surface area contributed by atoms with Crippen molar-refractivity contribution in [2.45, 2.75) is 26.0 Å². The summed E-state index contributed by atoms with van der Waals surface area (Å²) >= 11 is 10.6. The van der Waals surface area contributed by atoms with Crippen molar-refractivity contribution in [3.05, 3.63) is 18.2 Å². The fraction of sp³-hybridized carbons (Fsp3) is 0.357. The first-order valence-corrected chi connectivity index (χ1v) is 7.68. The van der Waals surface area contributed by atoms with Gasteiger partial charge in [-0.25, -0.2) is 0 Å². The van der Waals surface area contributed by atoms with Gasteiger partial charge in [-0.2, -0.15) is 0 Å². The topological polar surface area (TPSA) is 70.8 Å². The molecule has 2 atom stereocenters. The molecule has 3 N–H and O–H groups in total. The molecule has 0 saturated carbocycles. The molecule has 3 rings (SSSR count). The zero-order valence-corrected chi connectivity index (χ0v) is 13.8. The smallest absolute Gasteiger partial charge is 0.221 e. The van der Waals surface area contributed by atoms with Gasteiger partial charge in [-0.05, 0) is 49.6 Å².